The first-order valence-electron chi connectivity index (χ1n) is 7.35. The van der Waals surface area contributed by atoms with Gasteiger partial charge in [-0.15, -0.1) is 0 Å². The number of hydrogen-bond acceptors (Lipinski definition) is 2. The highest BCUT2D eigenvalue weighted by atomic mass is 127. The van der Waals surface area contributed by atoms with Crippen LogP contribution in [-0.2, 0) is 6.42 Å². The van der Waals surface area contributed by atoms with Crippen molar-refractivity contribution in [2.75, 3.05) is 13.7 Å². The molecule has 2 rings (SSSR count). The third kappa shape index (κ3) is 4.71. The molecule has 0 radical (unpaired) electrons. The van der Waals surface area contributed by atoms with Crippen molar-refractivity contribution in [3.63, 3.8) is 0 Å². The molecule has 0 saturated heterocycles. The number of halogens is 1. The molecule has 2 nitrogen and oxygen atoms in total. The van der Waals surface area contributed by atoms with E-state index in [0.717, 1.165) is 25.1 Å². The van der Waals surface area contributed by atoms with Crippen LogP contribution in [0, 0.1) is 3.57 Å². The summed E-state index contributed by atoms with van der Waals surface area (Å²) in [5.41, 5.74) is 2.57. The molecule has 0 saturated carbocycles. The first-order valence-corrected chi connectivity index (χ1v) is 8.43. The Balaban J connectivity index is 2.21. The van der Waals surface area contributed by atoms with E-state index in [0.29, 0.717) is 6.04 Å². The summed E-state index contributed by atoms with van der Waals surface area (Å²) >= 11 is 2.34. The van der Waals surface area contributed by atoms with Gasteiger partial charge in [0.05, 0.1) is 7.11 Å². The summed E-state index contributed by atoms with van der Waals surface area (Å²) in [7, 11) is 1.73. The third-order valence-electron chi connectivity index (χ3n) is 3.53. The molecule has 1 atom stereocenters. The van der Waals surface area contributed by atoms with Gasteiger partial charge in [-0.3, -0.25) is 0 Å². The number of rotatable bonds is 7. The summed E-state index contributed by atoms with van der Waals surface area (Å²) in [6.07, 6.45) is 2.07. The van der Waals surface area contributed by atoms with E-state index in [4.69, 9.17) is 4.74 Å². The Morgan fingerprint density at radius 1 is 1.10 bits per heavy atom. The Labute approximate surface area is 141 Å². The van der Waals surface area contributed by atoms with Gasteiger partial charge in [-0.25, -0.2) is 0 Å². The number of benzene rings is 2. The Morgan fingerprint density at radius 2 is 1.81 bits per heavy atom. The number of nitrogens with one attached hydrogen (secondary N) is 1. The second-order valence-electron chi connectivity index (χ2n) is 5.07. The molecule has 0 spiro atoms. The zero-order valence-corrected chi connectivity index (χ0v) is 14.8. The molecular weight excluding hydrogens is 373 g/mol. The predicted molar refractivity (Wildman–Crippen MR) is 96.9 cm³/mol. The van der Waals surface area contributed by atoms with E-state index in [2.05, 4.69) is 71.2 Å². The van der Waals surface area contributed by atoms with Gasteiger partial charge in [-0.1, -0.05) is 37.3 Å². The van der Waals surface area contributed by atoms with Crippen LogP contribution in [0.3, 0.4) is 0 Å². The van der Waals surface area contributed by atoms with Crippen molar-refractivity contribution in [1.82, 2.24) is 5.32 Å². The van der Waals surface area contributed by atoms with E-state index < -0.39 is 0 Å². The van der Waals surface area contributed by atoms with Crippen molar-refractivity contribution in [2.24, 2.45) is 0 Å². The van der Waals surface area contributed by atoms with Gasteiger partial charge in [0.15, 0.2) is 0 Å². The van der Waals surface area contributed by atoms with Crippen LogP contribution in [0.15, 0.2) is 48.5 Å². The van der Waals surface area contributed by atoms with Crippen LogP contribution in [0.5, 0.6) is 5.75 Å². The molecule has 0 fully saturated rings. The highest BCUT2D eigenvalue weighted by Crippen LogP contribution is 2.25. The highest BCUT2D eigenvalue weighted by molar-refractivity contribution is 14.1. The molecule has 2 aromatic rings. The lowest BCUT2D eigenvalue weighted by atomic mass is 9.98. The Kier molecular flexibility index (Phi) is 6.51. The monoisotopic (exact) mass is 395 g/mol. The molecule has 0 aliphatic carbocycles. The van der Waals surface area contributed by atoms with E-state index in [1.54, 1.807) is 7.11 Å². The zero-order valence-electron chi connectivity index (χ0n) is 12.6. The summed E-state index contributed by atoms with van der Waals surface area (Å²) in [5, 5.41) is 3.65. The van der Waals surface area contributed by atoms with Crippen molar-refractivity contribution in [3.8, 4) is 5.75 Å². The second-order valence-corrected chi connectivity index (χ2v) is 6.32. The van der Waals surface area contributed by atoms with Gasteiger partial charge in [-0.2, -0.15) is 0 Å². The Hall–Kier alpha value is -1.07. The van der Waals surface area contributed by atoms with Gasteiger partial charge in [0, 0.05) is 9.61 Å². The molecule has 2 aromatic carbocycles. The molecular formula is C18H22INO. The van der Waals surface area contributed by atoms with Gasteiger partial charge >= 0.3 is 0 Å². The largest absolute Gasteiger partial charge is 0.496 e. The third-order valence-corrected chi connectivity index (χ3v) is 4.25. The molecule has 0 amide bonds. The molecule has 1 N–H and O–H groups in total. The van der Waals surface area contributed by atoms with Crippen LogP contribution in [0.4, 0.5) is 0 Å². The Bertz CT molecular complexity index is 553. The average Bonchev–Trinajstić information content (AvgIpc) is 2.52. The van der Waals surface area contributed by atoms with Crippen molar-refractivity contribution in [3.05, 3.63) is 63.2 Å². The molecule has 1 unspecified atom stereocenters. The summed E-state index contributed by atoms with van der Waals surface area (Å²) in [5.74, 6) is 0.964. The summed E-state index contributed by atoms with van der Waals surface area (Å²) in [4.78, 5) is 0. The minimum atomic E-state index is 0.318. The van der Waals surface area contributed by atoms with E-state index in [9.17, 15) is 0 Å². The lowest BCUT2D eigenvalue weighted by Crippen LogP contribution is -2.24. The van der Waals surface area contributed by atoms with Crippen LogP contribution in [0.1, 0.15) is 30.5 Å². The minimum absolute atomic E-state index is 0.318. The highest BCUT2D eigenvalue weighted by Gasteiger charge is 2.14. The molecule has 0 bridgehead atoms. The van der Waals surface area contributed by atoms with Gasteiger partial charge in [-0.05, 0) is 71.3 Å². The van der Waals surface area contributed by atoms with Gasteiger partial charge in [0.1, 0.15) is 5.75 Å². The summed E-state index contributed by atoms with van der Waals surface area (Å²) in [6.45, 7) is 3.22. The number of methoxy groups -OCH3 is 1. The standard InChI is InChI=1S/C18H22INO/c1-3-12-20-17(14-8-10-16(19)11-9-14)13-15-6-4-5-7-18(15)21-2/h4-11,17,20H,3,12-13H2,1-2H3. The van der Waals surface area contributed by atoms with Crippen molar-refractivity contribution in [2.45, 2.75) is 25.8 Å². The molecule has 0 aromatic heterocycles. The fraction of sp³-hybridized carbons (Fsp3) is 0.333. The molecule has 0 aliphatic heterocycles. The lowest BCUT2D eigenvalue weighted by Gasteiger charge is -2.20. The number of hydrogen-bond donors (Lipinski definition) is 1. The number of para-hydroxylation sites is 1. The molecule has 0 heterocycles. The first kappa shape index (κ1) is 16.3. The summed E-state index contributed by atoms with van der Waals surface area (Å²) < 4.78 is 6.74. The number of ether oxygens (including phenoxy) is 1. The van der Waals surface area contributed by atoms with Crippen molar-refractivity contribution in [1.29, 1.82) is 0 Å². The van der Waals surface area contributed by atoms with E-state index >= 15 is 0 Å². The van der Waals surface area contributed by atoms with Crippen LogP contribution in [0.2, 0.25) is 0 Å². The van der Waals surface area contributed by atoms with Crippen LogP contribution in [-0.4, -0.2) is 13.7 Å². The van der Waals surface area contributed by atoms with Crippen molar-refractivity contribution >= 4 is 22.6 Å². The van der Waals surface area contributed by atoms with E-state index in [1.807, 2.05) is 12.1 Å². The SMILES string of the molecule is CCCNC(Cc1ccccc1OC)c1ccc(I)cc1. The first-order chi connectivity index (χ1) is 10.2. The maximum Gasteiger partial charge on any atom is 0.122 e. The topological polar surface area (TPSA) is 21.3 Å². The smallest absolute Gasteiger partial charge is 0.122 e. The quantitative estimate of drug-likeness (QED) is 0.693. The average molecular weight is 395 g/mol. The normalized spacial score (nSPS) is 12.1. The van der Waals surface area contributed by atoms with Gasteiger partial charge in [0.2, 0.25) is 0 Å². The maximum absolute atomic E-state index is 5.48. The lowest BCUT2D eigenvalue weighted by molar-refractivity contribution is 0.405. The summed E-state index contributed by atoms with van der Waals surface area (Å²) in [6, 6.07) is 17.3. The fourth-order valence-electron chi connectivity index (χ4n) is 2.41. The molecule has 112 valence electrons. The zero-order chi connectivity index (χ0) is 15.1. The second kappa shape index (κ2) is 8.39. The Morgan fingerprint density at radius 3 is 2.48 bits per heavy atom. The molecule has 21 heavy (non-hydrogen) atoms. The minimum Gasteiger partial charge on any atom is -0.496 e. The van der Waals surface area contributed by atoms with Crippen LogP contribution >= 0.6 is 22.6 Å². The van der Waals surface area contributed by atoms with E-state index in [1.165, 1.54) is 14.7 Å². The van der Waals surface area contributed by atoms with Crippen molar-refractivity contribution < 1.29 is 4.74 Å². The molecule has 3 heteroatoms. The molecule has 0 aliphatic rings. The van der Waals surface area contributed by atoms with Gasteiger partial charge < -0.3 is 10.1 Å². The maximum atomic E-state index is 5.48. The predicted octanol–water partition coefficient (Wildman–Crippen LogP) is 4.58. The van der Waals surface area contributed by atoms with Gasteiger partial charge in [0.25, 0.3) is 0 Å². The fourth-order valence-corrected chi connectivity index (χ4v) is 2.77. The van der Waals surface area contributed by atoms with Crippen LogP contribution in [0.25, 0.3) is 0 Å². The van der Waals surface area contributed by atoms with E-state index in [-0.39, 0.29) is 0 Å². The van der Waals surface area contributed by atoms with Crippen LogP contribution < -0.4 is 10.1 Å².